The second kappa shape index (κ2) is 8.81. The third-order valence-corrected chi connectivity index (χ3v) is 6.05. The summed E-state index contributed by atoms with van der Waals surface area (Å²) >= 11 is 0. The molecule has 1 saturated heterocycles. The molecule has 0 radical (unpaired) electrons. The van der Waals surface area contributed by atoms with Crippen molar-refractivity contribution in [2.45, 2.75) is 50.4 Å². The fraction of sp³-hybridized carbons (Fsp3) is 0.667. The summed E-state index contributed by atoms with van der Waals surface area (Å²) in [5, 5.41) is 12.6. The zero-order chi connectivity index (χ0) is 17.5. The Hall–Kier alpha value is -1.39. The highest BCUT2D eigenvalue weighted by Crippen LogP contribution is 2.38. The minimum Gasteiger partial charge on any atom is -0.396 e. The van der Waals surface area contributed by atoms with Gasteiger partial charge in [0.1, 0.15) is 0 Å². The first-order chi connectivity index (χ1) is 12.2. The molecule has 1 aliphatic carbocycles. The predicted molar refractivity (Wildman–Crippen MR) is 100 cm³/mol. The standard InChI is InChI=1S/C21H32N2O2/c24-16-18-8-7-13-23(14-18)15-20(25)22-17-21(11-5-2-6-12-21)19-9-3-1-4-10-19/h1,3-4,9-10,18,24H,2,5-8,11-17H2,(H,22,25). The Bertz CT molecular complexity index is 540. The largest absolute Gasteiger partial charge is 0.396 e. The van der Waals surface area contributed by atoms with Gasteiger partial charge in [0, 0.05) is 25.1 Å². The fourth-order valence-corrected chi connectivity index (χ4v) is 4.56. The van der Waals surface area contributed by atoms with Crippen molar-refractivity contribution in [2.24, 2.45) is 5.92 Å². The first-order valence-corrected chi connectivity index (χ1v) is 9.87. The Morgan fingerprint density at radius 3 is 2.64 bits per heavy atom. The van der Waals surface area contributed by atoms with E-state index >= 15 is 0 Å². The molecule has 1 heterocycles. The molecule has 3 rings (SSSR count). The first-order valence-electron chi connectivity index (χ1n) is 9.87. The average molecular weight is 344 g/mol. The Labute approximate surface area is 151 Å². The number of carbonyl (C=O) groups excluding carboxylic acids is 1. The second-order valence-corrected chi connectivity index (χ2v) is 7.91. The Morgan fingerprint density at radius 2 is 1.92 bits per heavy atom. The maximum absolute atomic E-state index is 12.5. The van der Waals surface area contributed by atoms with Gasteiger partial charge in [0.05, 0.1) is 6.54 Å². The van der Waals surface area contributed by atoms with Gasteiger partial charge in [-0.3, -0.25) is 9.69 Å². The van der Waals surface area contributed by atoms with Crippen LogP contribution in [-0.4, -0.2) is 48.7 Å². The maximum atomic E-state index is 12.5. The molecule has 0 aromatic heterocycles. The number of carbonyl (C=O) groups is 1. The monoisotopic (exact) mass is 344 g/mol. The zero-order valence-electron chi connectivity index (χ0n) is 15.3. The SMILES string of the molecule is O=C(CN1CCCC(CO)C1)NCC1(c2ccccc2)CCCCC1. The number of hydrogen-bond donors (Lipinski definition) is 2. The number of aliphatic hydroxyl groups is 1. The van der Waals surface area contributed by atoms with Gasteiger partial charge in [-0.15, -0.1) is 0 Å². The van der Waals surface area contributed by atoms with Crippen LogP contribution in [0.25, 0.3) is 0 Å². The summed E-state index contributed by atoms with van der Waals surface area (Å²) in [5.74, 6) is 0.454. The summed E-state index contributed by atoms with van der Waals surface area (Å²) in [6, 6.07) is 10.7. The Balaban J connectivity index is 1.57. The van der Waals surface area contributed by atoms with Crippen molar-refractivity contribution in [3.63, 3.8) is 0 Å². The number of likely N-dealkylation sites (tertiary alicyclic amines) is 1. The summed E-state index contributed by atoms with van der Waals surface area (Å²) in [6.07, 6.45) is 8.27. The van der Waals surface area contributed by atoms with E-state index in [0.717, 1.165) is 45.3 Å². The highest BCUT2D eigenvalue weighted by Gasteiger charge is 2.34. The van der Waals surface area contributed by atoms with Crippen LogP contribution in [0.2, 0.25) is 0 Å². The van der Waals surface area contributed by atoms with Crippen LogP contribution in [0.1, 0.15) is 50.5 Å². The highest BCUT2D eigenvalue weighted by molar-refractivity contribution is 5.78. The minimum absolute atomic E-state index is 0.102. The van der Waals surface area contributed by atoms with Gasteiger partial charge in [0.15, 0.2) is 0 Å². The molecule has 1 saturated carbocycles. The van der Waals surface area contributed by atoms with Crippen molar-refractivity contribution in [3.8, 4) is 0 Å². The predicted octanol–water partition coefficient (Wildman–Crippen LogP) is 2.71. The lowest BCUT2D eigenvalue weighted by atomic mass is 9.69. The quantitative estimate of drug-likeness (QED) is 0.834. The molecule has 2 aliphatic rings. The molecule has 4 heteroatoms. The molecule has 138 valence electrons. The highest BCUT2D eigenvalue weighted by atomic mass is 16.3. The van der Waals surface area contributed by atoms with Crippen molar-refractivity contribution in [3.05, 3.63) is 35.9 Å². The summed E-state index contributed by atoms with van der Waals surface area (Å²) in [7, 11) is 0. The van der Waals surface area contributed by atoms with Crippen molar-refractivity contribution < 1.29 is 9.90 Å². The number of piperidine rings is 1. The van der Waals surface area contributed by atoms with Gasteiger partial charge in [0.25, 0.3) is 0 Å². The number of aliphatic hydroxyl groups excluding tert-OH is 1. The van der Waals surface area contributed by atoms with Gasteiger partial charge in [-0.05, 0) is 43.7 Å². The fourth-order valence-electron chi connectivity index (χ4n) is 4.56. The Kier molecular flexibility index (Phi) is 6.49. The molecule has 1 aliphatic heterocycles. The molecule has 4 nitrogen and oxygen atoms in total. The van der Waals surface area contributed by atoms with E-state index in [2.05, 4.69) is 40.5 Å². The van der Waals surface area contributed by atoms with E-state index in [1.807, 2.05) is 0 Å². The minimum atomic E-state index is 0.102. The van der Waals surface area contributed by atoms with Gasteiger partial charge in [-0.25, -0.2) is 0 Å². The van der Waals surface area contributed by atoms with Crippen molar-refractivity contribution in [1.29, 1.82) is 0 Å². The molecule has 1 unspecified atom stereocenters. The number of nitrogens with zero attached hydrogens (tertiary/aromatic N) is 1. The van der Waals surface area contributed by atoms with Crippen LogP contribution in [0.3, 0.4) is 0 Å². The normalized spacial score (nSPS) is 24.0. The Morgan fingerprint density at radius 1 is 1.16 bits per heavy atom. The van der Waals surface area contributed by atoms with E-state index in [-0.39, 0.29) is 17.9 Å². The molecule has 0 bridgehead atoms. The van der Waals surface area contributed by atoms with E-state index in [1.54, 1.807) is 0 Å². The molecule has 25 heavy (non-hydrogen) atoms. The lowest BCUT2D eigenvalue weighted by molar-refractivity contribution is -0.123. The number of nitrogens with one attached hydrogen (secondary N) is 1. The van der Waals surface area contributed by atoms with Crippen molar-refractivity contribution in [2.75, 3.05) is 32.8 Å². The topological polar surface area (TPSA) is 52.6 Å². The summed E-state index contributed by atoms with van der Waals surface area (Å²) in [5.41, 5.74) is 1.47. The van der Waals surface area contributed by atoms with Crippen LogP contribution >= 0.6 is 0 Å². The van der Waals surface area contributed by atoms with Crippen molar-refractivity contribution in [1.82, 2.24) is 10.2 Å². The van der Waals surface area contributed by atoms with Gasteiger partial charge in [-0.1, -0.05) is 49.6 Å². The average Bonchev–Trinajstić information content (AvgIpc) is 2.68. The molecule has 1 aromatic carbocycles. The molecule has 1 amide bonds. The first kappa shape index (κ1) is 18.4. The number of benzene rings is 1. The van der Waals surface area contributed by atoms with E-state index in [9.17, 15) is 9.90 Å². The van der Waals surface area contributed by atoms with Gasteiger partial charge in [0.2, 0.25) is 5.91 Å². The summed E-state index contributed by atoms with van der Waals surface area (Å²) in [4.78, 5) is 14.7. The van der Waals surface area contributed by atoms with Crippen molar-refractivity contribution >= 4 is 5.91 Å². The van der Waals surface area contributed by atoms with Crippen LogP contribution in [0.5, 0.6) is 0 Å². The van der Waals surface area contributed by atoms with Gasteiger partial charge >= 0.3 is 0 Å². The lowest BCUT2D eigenvalue weighted by Crippen LogP contribution is -2.47. The van der Waals surface area contributed by atoms with Gasteiger partial charge < -0.3 is 10.4 Å². The molecule has 2 N–H and O–H groups in total. The zero-order valence-corrected chi connectivity index (χ0v) is 15.3. The summed E-state index contributed by atoms with van der Waals surface area (Å²) < 4.78 is 0. The van der Waals surface area contributed by atoms with E-state index in [1.165, 1.54) is 24.8 Å². The number of amides is 1. The number of rotatable bonds is 6. The molecular formula is C21H32N2O2. The van der Waals surface area contributed by atoms with Crippen LogP contribution in [0.15, 0.2) is 30.3 Å². The molecular weight excluding hydrogens is 312 g/mol. The van der Waals surface area contributed by atoms with Gasteiger partial charge in [-0.2, -0.15) is 0 Å². The third kappa shape index (κ3) is 4.83. The van der Waals surface area contributed by atoms with Crippen LogP contribution in [0, 0.1) is 5.92 Å². The van der Waals surface area contributed by atoms with Crippen LogP contribution in [0.4, 0.5) is 0 Å². The molecule has 1 atom stereocenters. The lowest BCUT2D eigenvalue weighted by Gasteiger charge is -2.38. The third-order valence-electron chi connectivity index (χ3n) is 6.05. The molecule has 0 spiro atoms. The van der Waals surface area contributed by atoms with Crippen LogP contribution in [-0.2, 0) is 10.2 Å². The van der Waals surface area contributed by atoms with E-state index in [4.69, 9.17) is 0 Å². The smallest absolute Gasteiger partial charge is 0.234 e. The van der Waals surface area contributed by atoms with E-state index < -0.39 is 0 Å². The van der Waals surface area contributed by atoms with Crippen LogP contribution < -0.4 is 5.32 Å². The summed E-state index contributed by atoms with van der Waals surface area (Å²) in [6.45, 7) is 3.24. The van der Waals surface area contributed by atoms with E-state index in [0.29, 0.717) is 12.5 Å². The molecule has 1 aromatic rings. The number of hydrogen-bond acceptors (Lipinski definition) is 3. The maximum Gasteiger partial charge on any atom is 0.234 e. The second-order valence-electron chi connectivity index (χ2n) is 7.91. The molecule has 2 fully saturated rings.